The van der Waals surface area contributed by atoms with Crippen molar-refractivity contribution in [2.75, 3.05) is 0 Å². The molecule has 0 N–H and O–H groups in total. The molecule has 0 amide bonds. The van der Waals surface area contributed by atoms with E-state index in [0.29, 0.717) is 5.02 Å². The third kappa shape index (κ3) is 3.66. The van der Waals surface area contributed by atoms with Crippen molar-refractivity contribution in [1.82, 2.24) is 0 Å². The number of hydrogen-bond acceptors (Lipinski definition) is 1. The van der Waals surface area contributed by atoms with Crippen LogP contribution in [0.15, 0.2) is 108 Å². The number of thioether (sulfide) groups is 1. The second kappa shape index (κ2) is 8.29. The van der Waals surface area contributed by atoms with Gasteiger partial charge in [-0.05, 0) is 52.6 Å². The number of halogens is 2. The van der Waals surface area contributed by atoms with E-state index in [2.05, 4.69) is 66.7 Å². The standard InChI is InChI=1S/C27H20ClFS/c28-21-13-11-19(12-14-21)25-23-17-22(29)15-16-24(23)30-27(20-9-5-2-6-10-20)26(25)18-7-3-1-4-8-18/h1-17,25-27H. The van der Waals surface area contributed by atoms with Crippen LogP contribution in [0.3, 0.4) is 0 Å². The Morgan fingerprint density at radius 3 is 1.97 bits per heavy atom. The van der Waals surface area contributed by atoms with Crippen molar-refractivity contribution >= 4 is 23.4 Å². The van der Waals surface area contributed by atoms with Gasteiger partial charge in [0.15, 0.2) is 0 Å². The van der Waals surface area contributed by atoms with E-state index in [0.717, 1.165) is 16.0 Å². The molecule has 3 atom stereocenters. The summed E-state index contributed by atoms with van der Waals surface area (Å²) in [6.45, 7) is 0. The van der Waals surface area contributed by atoms with E-state index in [9.17, 15) is 4.39 Å². The smallest absolute Gasteiger partial charge is 0.123 e. The molecule has 0 aromatic heterocycles. The summed E-state index contributed by atoms with van der Waals surface area (Å²) in [6.07, 6.45) is 0. The zero-order valence-corrected chi connectivity index (χ0v) is 17.8. The van der Waals surface area contributed by atoms with Gasteiger partial charge < -0.3 is 0 Å². The third-order valence-electron chi connectivity index (χ3n) is 5.79. The first-order chi connectivity index (χ1) is 14.7. The normalized spacial score (nSPS) is 20.5. The van der Waals surface area contributed by atoms with Gasteiger partial charge in [-0.25, -0.2) is 4.39 Å². The fourth-order valence-electron chi connectivity index (χ4n) is 4.47. The van der Waals surface area contributed by atoms with Crippen LogP contribution in [-0.4, -0.2) is 0 Å². The summed E-state index contributed by atoms with van der Waals surface area (Å²) in [4.78, 5) is 1.14. The molecule has 4 aromatic carbocycles. The maximum atomic E-state index is 14.4. The highest BCUT2D eigenvalue weighted by molar-refractivity contribution is 7.99. The number of hydrogen-bond donors (Lipinski definition) is 0. The topological polar surface area (TPSA) is 0 Å². The maximum absolute atomic E-state index is 14.4. The SMILES string of the molecule is Fc1ccc2c(c1)C(c1ccc(Cl)cc1)C(c1ccccc1)C(c1ccccc1)S2. The van der Waals surface area contributed by atoms with Crippen LogP contribution in [0, 0.1) is 5.82 Å². The molecule has 0 aliphatic carbocycles. The average molecular weight is 431 g/mol. The molecule has 0 spiro atoms. The summed E-state index contributed by atoms with van der Waals surface area (Å²) in [5.74, 6) is -0.00538. The van der Waals surface area contributed by atoms with Gasteiger partial charge in [-0.2, -0.15) is 0 Å². The van der Waals surface area contributed by atoms with Crippen molar-refractivity contribution < 1.29 is 4.39 Å². The third-order valence-corrected chi connectivity index (χ3v) is 7.48. The fraction of sp³-hybridized carbons (Fsp3) is 0.111. The molecule has 3 unspecified atom stereocenters. The zero-order valence-electron chi connectivity index (χ0n) is 16.2. The first-order valence-electron chi connectivity index (χ1n) is 10.0. The number of rotatable bonds is 3. The Balaban J connectivity index is 1.76. The van der Waals surface area contributed by atoms with Crippen molar-refractivity contribution in [3.05, 3.63) is 136 Å². The van der Waals surface area contributed by atoms with Gasteiger partial charge in [-0.1, -0.05) is 84.4 Å². The minimum Gasteiger partial charge on any atom is -0.207 e. The number of fused-ring (bicyclic) bond motifs is 1. The van der Waals surface area contributed by atoms with Crippen LogP contribution in [0.25, 0.3) is 0 Å². The molecular weight excluding hydrogens is 411 g/mol. The van der Waals surface area contributed by atoms with Gasteiger partial charge in [0.2, 0.25) is 0 Å². The highest BCUT2D eigenvalue weighted by Crippen LogP contribution is 2.59. The molecular formula is C27H20ClFS. The van der Waals surface area contributed by atoms with Crippen molar-refractivity contribution in [2.45, 2.75) is 22.0 Å². The van der Waals surface area contributed by atoms with Crippen LogP contribution in [0.1, 0.15) is 39.3 Å². The molecule has 148 valence electrons. The monoisotopic (exact) mass is 430 g/mol. The molecule has 0 fully saturated rings. The molecule has 0 saturated heterocycles. The molecule has 1 aliphatic heterocycles. The van der Waals surface area contributed by atoms with Gasteiger partial charge in [0.05, 0.1) is 0 Å². The van der Waals surface area contributed by atoms with Crippen LogP contribution in [-0.2, 0) is 0 Å². The zero-order chi connectivity index (χ0) is 20.5. The van der Waals surface area contributed by atoms with Crippen molar-refractivity contribution in [3.63, 3.8) is 0 Å². The van der Waals surface area contributed by atoms with Crippen molar-refractivity contribution in [3.8, 4) is 0 Å². The first kappa shape index (κ1) is 19.4. The Hall–Kier alpha value is -2.55. The summed E-state index contributed by atoms with van der Waals surface area (Å²) < 4.78 is 14.4. The largest absolute Gasteiger partial charge is 0.207 e. The lowest BCUT2D eigenvalue weighted by Crippen LogP contribution is -2.23. The summed E-state index contributed by atoms with van der Waals surface area (Å²) in [5, 5.41) is 0.923. The highest BCUT2D eigenvalue weighted by atomic mass is 35.5. The van der Waals surface area contributed by atoms with Crippen LogP contribution < -0.4 is 0 Å². The van der Waals surface area contributed by atoms with Gasteiger partial charge in [-0.15, -0.1) is 11.8 Å². The Labute approximate surface area is 185 Å². The molecule has 5 rings (SSSR count). The van der Waals surface area contributed by atoms with Gasteiger partial charge in [0.1, 0.15) is 5.82 Å². The van der Waals surface area contributed by atoms with E-state index in [-0.39, 0.29) is 22.9 Å². The highest BCUT2D eigenvalue weighted by Gasteiger charge is 2.40. The summed E-state index contributed by atoms with van der Waals surface area (Å²) >= 11 is 8.02. The second-order valence-electron chi connectivity index (χ2n) is 7.60. The molecule has 1 aliphatic rings. The van der Waals surface area contributed by atoms with E-state index in [1.165, 1.54) is 11.1 Å². The minimum absolute atomic E-state index is 0.0295. The Bertz CT molecular complexity index is 1140. The van der Waals surface area contributed by atoms with Crippen LogP contribution in [0.2, 0.25) is 5.02 Å². The molecule has 4 aromatic rings. The summed E-state index contributed by atoms with van der Waals surface area (Å²) in [6, 6.07) is 34.4. The molecule has 0 nitrogen and oxygen atoms in total. The molecule has 0 saturated carbocycles. The van der Waals surface area contributed by atoms with E-state index in [4.69, 9.17) is 11.6 Å². The molecule has 0 radical (unpaired) electrons. The summed E-state index contributed by atoms with van der Waals surface area (Å²) in [7, 11) is 0. The van der Waals surface area contributed by atoms with Crippen LogP contribution >= 0.6 is 23.4 Å². The van der Waals surface area contributed by atoms with Gasteiger partial charge in [0, 0.05) is 27.0 Å². The molecule has 3 heteroatoms. The van der Waals surface area contributed by atoms with Gasteiger partial charge >= 0.3 is 0 Å². The molecule has 1 heterocycles. The fourth-order valence-corrected chi connectivity index (χ4v) is 6.09. The quantitative estimate of drug-likeness (QED) is 0.315. The lowest BCUT2D eigenvalue weighted by molar-refractivity contribution is 0.560. The van der Waals surface area contributed by atoms with Crippen molar-refractivity contribution in [2.24, 2.45) is 0 Å². The predicted molar refractivity (Wildman–Crippen MR) is 124 cm³/mol. The average Bonchev–Trinajstić information content (AvgIpc) is 2.80. The van der Waals surface area contributed by atoms with Crippen molar-refractivity contribution in [1.29, 1.82) is 0 Å². The maximum Gasteiger partial charge on any atom is 0.123 e. The molecule has 30 heavy (non-hydrogen) atoms. The van der Waals surface area contributed by atoms with Crippen LogP contribution in [0.4, 0.5) is 4.39 Å². The second-order valence-corrected chi connectivity index (χ2v) is 9.22. The van der Waals surface area contributed by atoms with Gasteiger partial charge in [0.25, 0.3) is 0 Å². The summed E-state index contributed by atoms with van der Waals surface area (Å²) in [5.41, 5.74) is 4.74. The minimum atomic E-state index is -0.196. The predicted octanol–water partition coefficient (Wildman–Crippen LogP) is 8.24. The Kier molecular flexibility index (Phi) is 5.37. The van der Waals surface area contributed by atoms with Gasteiger partial charge in [-0.3, -0.25) is 0 Å². The number of benzene rings is 4. The Morgan fingerprint density at radius 1 is 0.667 bits per heavy atom. The van der Waals surface area contributed by atoms with E-state index >= 15 is 0 Å². The van der Waals surface area contributed by atoms with E-state index in [1.807, 2.05) is 36.0 Å². The van der Waals surface area contributed by atoms with E-state index < -0.39 is 0 Å². The Morgan fingerprint density at radius 2 is 1.30 bits per heavy atom. The lowest BCUT2D eigenvalue weighted by atomic mass is 9.73. The first-order valence-corrected chi connectivity index (χ1v) is 11.3. The molecule has 0 bridgehead atoms. The van der Waals surface area contributed by atoms with E-state index in [1.54, 1.807) is 12.1 Å². The lowest BCUT2D eigenvalue weighted by Gasteiger charge is -2.40. The van der Waals surface area contributed by atoms with Crippen LogP contribution in [0.5, 0.6) is 0 Å².